The Morgan fingerprint density at radius 1 is 1.15 bits per heavy atom. The smallest absolute Gasteiger partial charge is 0.269 e. The molecule has 1 heterocycles. The summed E-state index contributed by atoms with van der Waals surface area (Å²) < 4.78 is 5.34. The summed E-state index contributed by atoms with van der Waals surface area (Å²) in [4.78, 5) is 19.0. The normalized spacial score (nSPS) is 10.4. The molecule has 0 bridgehead atoms. The summed E-state index contributed by atoms with van der Waals surface area (Å²) in [5.74, 6) is 0.700. The number of carbonyl (C=O) groups excluding carboxylic acids is 1. The van der Waals surface area contributed by atoms with Crippen LogP contribution in [0.5, 0.6) is 5.75 Å². The fraction of sp³-hybridized carbons (Fsp3) is 0.429. The van der Waals surface area contributed by atoms with Crippen LogP contribution < -0.4 is 15.0 Å². The van der Waals surface area contributed by atoms with Gasteiger partial charge in [0, 0.05) is 31.5 Å². The highest BCUT2D eigenvalue weighted by Crippen LogP contribution is 2.18. The standard InChI is InChI=1S/C21H29N3O2/c1-4-14-24(15-5-2)18-11-13-22-19(16-18)21(25)23-12-10-17-8-6-7-9-20(17)26-3/h6-9,11,13,16H,4-5,10,12,14-15H2,1-3H3,(H,23,25). The van der Waals surface area contributed by atoms with Crippen LogP contribution in [0.15, 0.2) is 42.6 Å². The Kier molecular flexibility index (Phi) is 7.93. The first-order valence-electron chi connectivity index (χ1n) is 9.30. The van der Waals surface area contributed by atoms with Crippen LogP contribution in [0, 0.1) is 0 Å². The number of benzene rings is 1. The lowest BCUT2D eigenvalue weighted by molar-refractivity contribution is 0.0949. The van der Waals surface area contributed by atoms with E-state index >= 15 is 0 Å². The van der Waals surface area contributed by atoms with Crippen molar-refractivity contribution in [3.05, 3.63) is 53.9 Å². The van der Waals surface area contributed by atoms with Gasteiger partial charge in [0.1, 0.15) is 11.4 Å². The molecule has 1 N–H and O–H groups in total. The van der Waals surface area contributed by atoms with Crippen LogP contribution in [0.1, 0.15) is 42.7 Å². The van der Waals surface area contributed by atoms with Crippen molar-refractivity contribution >= 4 is 11.6 Å². The van der Waals surface area contributed by atoms with Crippen molar-refractivity contribution in [2.75, 3.05) is 31.6 Å². The zero-order valence-corrected chi connectivity index (χ0v) is 16.0. The van der Waals surface area contributed by atoms with Crippen molar-refractivity contribution < 1.29 is 9.53 Å². The van der Waals surface area contributed by atoms with Crippen LogP contribution in [-0.2, 0) is 6.42 Å². The molecule has 0 unspecified atom stereocenters. The molecule has 2 aromatic rings. The molecule has 0 saturated carbocycles. The van der Waals surface area contributed by atoms with Crippen molar-refractivity contribution in [1.82, 2.24) is 10.3 Å². The first-order chi connectivity index (χ1) is 12.7. The predicted molar refractivity (Wildman–Crippen MR) is 106 cm³/mol. The topological polar surface area (TPSA) is 54.5 Å². The zero-order chi connectivity index (χ0) is 18.8. The molecule has 0 radical (unpaired) electrons. The number of ether oxygens (including phenoxy) is 1. The monoisotopic (exact) mass is 355 g/mol. The molecule has 0 fully saturated rings. The number of amides is 1. The molecule has 0 atom stereocenters. The number of pyridine rings is 1. The first kappa shape index (κ1) is 19.8. The minimum absolute atomic E-state index is 0.144. The lowest BCUT2D eigenvalue weighted by atomic mass is 10.1. The van der Waals surface area contributed by atoms with E-state index in [4.69, 9.17) is 4.74 Å². The number of hydrogen-bond acceptors (Lipinski definition) is 4. The van der Waals surface area contributed by atoms with Gasteiger partial charge in [0.15, 0.2) is 0 Å². The third-order valence-electron chi connectivity index (χ3n) is 4.20. The minimum atomic E-state index is -0.144. The summed E-state index contributed by atoms with van der Waals surface area (Å²) in [7, 11) is 1.66. The molecular weight excluding hydrogens is 326 g/mol. The van der Waals surface area contributed by atoms with E-state index < -0.39 is 0 Å². The third-order valence-corrected chi connectivity index (χ3v) is 4.20. The fourth-order valence-electron chi connectivity index (χ4n) is 2.96. The van der Waals surface area contributed by atoms with E-state index in [9.17, 15) is 4.79 Å². The van der Waals surface area contributed by atoms with Gasteiger partial charge in [-0.2, -0.15) is 0 Å². The van der Waals surface area contributed by atoms with E-state index in [2.05, 4.69) is 29.0 Å². The van der Waals surface area contributed by atoms with E-state index in [1.54, 1.807) is 13.3 Å². The number of aromatic nitrogens is 1. The molecule has 1 aromatic heterocycles. The Labute approximate surface area is 156 Å². The summed E-state index contributed by atoms with van der Waals surface area (Å²) in [5.41, 5.74) is 2.59. The van der Waals surface area contributed by atoms with Gasteiger partial charge in [0.25, 0.3) is 5.91 Å². The molecule has 5 nitrogen and oxygen atoms in total. The molecule has 26 heavy (non-hydrogen) atoms. The van der Waals surface area contributed by atoms with Crippen molar-refractivity contribution in [2.45, 2.75) is 33.1 Å². The number of rotatable bonds is 10. The zero-order valence-electron chi connectivity index (χ0n) is 16.0. The highest BCUT2D eigenvalue weighted by molar-refractivity contribution is 5.93. The molecule has 5 heteroatoms. The average molecular weight is 355 g/mol. The van der Waals surface area contributed by atoms with Crippen LogP contribution in [-0.4, -0.2) is 37.6 Å². The van der Waals surface area contributed by atoms with Crippen LogP contribution in [0.3, 0.4) is 0 Å². The summed E-state index contributed by atoms with van der Waals surface area (Å²) in [5, 5.41) is 2.95. The van der Waals surface area contributed by atoms with Crippen LogP contribution in [0.4, 0.5) is 5.69 Å². The van der Waals surface area contributed by atoms with Crippen molar-refractivity contribution in [1.29, 1.82) is 0 Å². The number of nitrogens with zero attached hydrogens (tertiary/aromatic N) is 2. The number of nitrogens with one attached hydrogen (secondary N) is 1. The molecule has 1 amide bonds. The molecular formula is C21H29N3O2. The molecule has 2 rings (SSSR count). The number of hydrogen-bond donors (Lipinski definition) is 1. The van der Waals surface area contributed by atoms with Crippen molar-refractivity contribution in [2.24, 2.45) is 0 Å². The first-order valence-corrected chi connectivity index (χ1v) is 9.30. The summed E-state index contributed by atoms with van der Waals surface area (Å²) in [6.45, 7) is 6.82. The molecule has 0 spiro atoms. The van der Waals surface area contributed by atoms with E-state index in [1.807, 2.05) is 36.4 Å². The Morgan fingerprint density at radius 2 is 1.88 bits per heavy atom. The highest BCUT2D eigenvalue weighted by atomic mass is 16.5. The average Bonchev–Trinajstić information content (AvgIpc) is 2.68. The molecule has 0 aliphatic rings. The maximum absolute atomic E-state index is 12.5. The summed E-state index contributed by atoms with van der Waals surface area (Å²) in [6.07, 6.45) is 4.57. The third kappa shape index (κ3) is 5.48. The van der Waals surface area contributed by atoms with Gasteiger partial charge in [0.05, 0.1) is 7.11 Å². The van der Waals surface area contributed by atoms with Gasteiger partial charge in [-0.05, 0) is 43.0 Å². The number of para-hydroxylation sites is 1. The highest BCUT2D eigenvalue weighted by Gasteiger charge is 2.11. The van der Waals surface area contributed by atoms with Gasteiger partial charge in [-0.1, -0.05) is 32.0 Å². The maximum atomic E-state index is 12.5. The van der Waals surface area contributed by atoms with Crippen molar-refractivity contribution in [3.8, 4) is 5.75 Å². The largest absolute Gasteiger partial charge is 0.496 e. The molecule has 0 aliphatic carbocycles. The molecule has 0 saturated heterocycles. The van der Waals surface area contributed by atoms with E-state index in [1.165, 1.54) is 0 Å². The lowest BCUT2D eigenvalue weighted by Crippen LogP contribution is -2.28. The lowest BCUT2D eigenvalue weighted by Gasteiger charge is -2.23. The number of anilines is 1. The van der Waals surface area contributed by atoms with Crippen molar-refractivity contribution in [3.63, 3.8) is 0 Å². The second kappa shape index (κ2) is 10.4. The van der Waals surface area contributed by atoms with Gasteiger partial charge < -0.3 is 15.0 Å². The summed E-state index contributed by atoms with van der Waals surface area (Å²) in [6, 6.07) is 11.7. The van der Waals surface area contributed by atoms with Gasteiger partial charge in [0.2, 0.25) is 0 Å². The number of methoxy groups -OCH3 is 1. The van der Waals surface area contributed by atoms with E-state index in [-0.39, 0.29) is 5.91 Å². The quantitative estimate of drug-likeness (QED) is 0.706. The Balaban J connectivity index is 1.98. The molecule has 0 aliphatic heterocycles. The predicted octanol–water partition coefficient (Wildman–Crippen LogP) is 3.69. The van der Waals surface area contributed by atoms with E-state index in [0.29, 0.717) is 18.7 Å². The van der Waals surface area contributed by atoms with Crippen LogP contribution >= 0.6 is 0 Å². The van der Waals surface area contributed by atoms with Gasteiger partial charge >= 0.3 is 0 Å². The van der Waals surface area contributed by atoms with Gasteiger partial charge in [-0.3, -0.25) is 9.78 Å². The second-order valence-corrected chi connectivity index (χ2v) is 6.20. The second-order valence-electron chi connectivity index (χ2n) is 6.20. The minimum Gasteiger partial charge on any atom is -0.496 e. The SMILES string of the molecule is CCCN(CCC)c1ccnc(C(=O)NCCc2ccccc2OC)c1. The van der Waals surface area contributed by atoms with Crippen LogP contribution in [0.25, 0.3) is 0 Å². The molecule has 1 aromatic carbocycles. The van der Waals surface area contributed by atoms with Gasteiger partial charge in [-0.15, -0.1) is 0 Å². The van der Waals surface area contributed by atoms with Crippen LogP contribution in [0.2, 0.25) is 0 Å². The fourth-order valence-corrected chi connectivity index (χ4v) is 2.96. The number of carbonyl (C=O) groups is 1. The maximum Gasteiger partial charge on any atom is 0.269 e. The Hall–Kier alpha value is -2.56. The summed E-state index contributed by atoms with van der Waals surface area (Å²) >= 11 is 0. The molecule has 140 valence electrons. The van der Waals surface area contributed by atoms with E-state index in [0.717, 1.165) is 42.9 Å². The van der Waals surface area contributed by atoms with Gasteiger partial charge in [-0.25, -0.2) is 0 Å². The Bertz CT molecular complexity index is 697. The Morgan fingerprint density at radius 3 is 2.58 bits per heavy atom.